The zero-order valence-corrected chi connectivity index (χ0v) is 12.0. The second-order valence-corrected chi connectivity index (χ2v) is 7.17. The van der Waals surface area contributed by atoms with Crippen molar-refractivity contribution < 1.29 is 0 Å². The van der Waals surface area contributed by atoms with E-state index in [0.29, 0.717) is 17.4 Å². The van der Waals surface area contributed by atoms with Crippen LogP contribution in [0.3, 0.4) is 0 Å². The van der Waals surface area contributed by atoms with Gasteiger partial charge in [-0.05, 0) is 68.6 Å². The number of rotatable bonds is 2. The summed E-state index contributed by atoms with van der Waals surface area (Å²) in [6.07, 6.45) is 7.71. The summed E-state index contributed by atoms with van der Waals surface area (Å²) in [6.45, 7) is 1.71. The molecule has 4 saturated carbocycles. The standard InChI is InChI=1S/C15H22N4O/c1-8-17-18-14(15(20)19(8)16)7-13-11-3-9-2-10(5-11)6-12(13)4-9/h9-13H,2-7,16H2,1H3. The largest absolute Gasteiger partial charge is 0.335 e. The predicted octanol–water partition coefficient (Wildman–Crippen LogP) is 1.28. The Morgan fingerprint density at radius 1 is 1.10 bits per heavy atom. The van der Waals surface area contributed by atoms with Gasteiger partial charge in [0.05, 0.1) is 0 Å². The Balaban J connectivity index is 1.61. The van der Waals surface area contributed by atoms with E-state index in [-0.39, 0.29) is 5.56 Å². The van der Waals surface area contributed by atoms with Crippen molar-refractivity contribution in [1.29, 1.82) is 0 Å². The van der Waals surface area contributed by atoms with Crippen molar-refractivity contribution in [2.45, 2.75) is 45.4 Å². The molecule has 4 fully saturated rings. The summed E-state index contributed by atoms with van der Waals surface area (Å²) in [5, 5.41) is 8.14. The van der Waals surface area contributed by atoms with Crippen molar-refractivity contribution in [3.05, 3.63) is 21.9 Å². The van der Waals surface area contributed by atoms with Gasteiger partial charge in [-0.3, -0.25) is 4.79 Å². The highest BCUT2D eigenvalue weighted by Gasteiger charge is 2.48. The fraction of sp³-hybridized carbons (Fsp3) is 0.800. The van der Waals surface area contributed by atoms with Crippen LogP contribution < -0.4 is 11.4 Å². The molecule has 2 N–H and O–H groups in total. The Hall–Kier alpha value is -1.39. The highest BCUT2D eigenvalue weighted by atomic mass is 16.1. The van der Waals surface area contributed by atoms with Crippen LogP contribution >= 0.6 is 0 Å². The third kappa shape index (κ3) is 1.79. The molecule has 4 aliphatic carbocycles. The van der Waals surface area contributed by atoms with Crippen LogP contribution in [0.25, 0.3) is 0 Å². The van der Waals surface area contributed by atoms with E-state index in [1.165, 1.54) is 32.1 Å². The summed E-state index contributed by atoms with van der Waals surface area (Å²) in [6, 6.07) is 0. The minimum Gasteiger partial charge on any atom is -0.335 e. The average Bonchev–Trinajstić information content (AvgIpc) is 2.42. The maximum atomic E-state index is 12.2. The molecule has 0 radical (unpaired) electrons. The van der Waals surface area contributed by atoms with E-state index in [9.17, 15) is 4.79 Å². The fourth-order valence-electron chi connectivity index (χ4n) is 5.23. The minimum absolute atomic E-state index is 0.161. The van der Waals surface area contributed by atoms with E-state index in [1.54, 1.807) is 6.92 Å². The molecule has 5 rings (SSSR count). The van der Waals surface area contributed by atoms with Crippen molar-refractivity contribution in [1.82, 2.24) is 14.9 Å². The molecule has 108 valence electrons. The van der Waals surface area contributed by atoms with Crippen molar-refractivity contribution in [2.75, 3.05) is 5.84 Å². The lowest BCUT2D eigenvalue weighted by molar-refractivity contribution is -0.0365. The van der Waals surface area contributed by atoms with Crippen LogP contribution in [-0.2, 0) is 6.42 Å². The molecule has 0 aliphatic heterocycles. The van der Waals surface area contributed by atoms with E-state index in [0.717, 1.165) is 34.8 Å². The van der Waals surface area contributed by atoms with Gasteiger partial charge >= 0.3 is 0 Å². The number of nitrogens with zero attached hydrogens (tertiary/aromatic N) is 3. The lowest BCUT2D eigenvalue weighted by Gasteiger charge is -2.54. The third-order valence-electron chi connectivity index (χ3n) is 5.98. The maximum absolute atomic E-state index is 12.2. The molecule has 4 aliphatic rings. The van der Waals surface area contributed by atoms with E-state index in [4.69, 9.17) is 5.84 Å². The number of aromatic nitrogens is 3. The van der Waals surface area contributed by atoms with Crippen molar-refractivity contribution in [2.24, 2.45) is 29.6 Å². The van der Waals surface area contributed by atoms with Gasteiger partial charge in [0.1, 0.15) is 5.69 Å². The molecule has 20 heavy (non-hydrogen) atoms. The Bertz CT molecular complexity index is 566. The molecular weight excluding hydrogens is 252 g/mol. The molecular formula is C15H22N4O. The van der Waals surface area contributed by atoms with Gasteiger partial charge in [-0.15, -0.1) is 10.2 Å². The van der Waals surface area contributed by atoms with Gasteiger partial charge in [0.2, 0.25) is 0 Å². The van der Waals surface area contributed by atoms with Crippen molar-refractivity contribution >= 4 is 0 Å². The second kappa shape index (κ2) is 4.30. The van der Waals surface area contributed by atoms with Gasteiger partial charge in [0.15, 0.2) is 5.82 Å². The summed E-state index contributed by atoms with van der Waals surface area (Å²) >= 11 is 0. The monoisotopic (exact) mass is 274 g/mol. The highest BCUT2D eigenvalue weighted by Crippen LogP contribution is 2.56. The molecule has 4 bridgehead atoms. The van der Waals surface area contributed by atoms with E-state index >= 15 is 0 Å². The first-order valence-corrected chi connectivity index (χ1v) is 7.82. The third-order valence-corrected chi connectivity index (χ3v) is 5.98. The SMILES string of the molecule is Cc1nnc(CC2C3CC4CC(C3)CC2C4)c(=O)n1N. The van der Waals surface area contributed by atoms with Gasteiger partial charge < -0.3 is 5.84 Å². The number of nitrogen functional groups attached to an aromatic ring is 1. The zero-order chi connectivity index (χ0) is 13.9. The van der Waals surface area contributed by atoms with Crippen LogP contribution in [0.15, 0.2) is 4.79 Å². The maximum Gasteiger partial charge on any atom is 0.293 e. The molecule has 0 atom stereocenters. The molecule has 0 amide bonds. The van der Waals surface area contributed by atoms with Crippen LogP contribution in [0.4, 0.5) is 0 Å². The second-order valence-electron chi connectivity index (χ2n) is 7.17. The first kappa shape index (κ1) is 12.4. The molecule has 5 heteroatoms. The van der Waals surface area contributed by atoms with Gasteiger partial charge in [-0.2, -0.15) is 0 Å². The quantitative estimate of drug-likeness (QED) is 0.824. The van der Waals surface area contributed by atoms with Gasteiger partial charge in [0, 0.05) is 6.42 Å². The van der Waals surface area contributed by atoms with Crippen LogP contribution in [0.1, 0.15) is 43.6 Å². The van der Waals surface area contributed by atoms with E-state index in [2.05, 4.69) is 10.2 Å². The number of hydrogen-bond donors (Lipinski definition) is 1. The minimum atomic E-state index is -0.161. The first-order chi connectivity index (χ1) is 9.61. The van der Waals surface area contributed by atoms with Crippen molar-refractivity contribution in [3.8, 4) is 0 Å². The number of nitrogens with two attached hydrogens (primary N) is 1. The summed E-state index contributed by atoms with van der Waals surface area (Å²) in [5.41, 5.74) is 0.405. The van der Waals surface area contributed by atoms with Crippen LogP contribution in [-0.4, -0.2) is 14.9 Å². The molecule has 1 heterocycles. The lowest BCUT2D eigenvalue weighted by atomic mass is 9.51. The zero-order valence-electron chi connectivity index (χ0n) is 12.0. The fourth-order valence-corrected chi connectivity index (χ4v) is 5.23. The Labute approximate surface area is 118 Å². The average molecular weight is 274 g/mol. The van der Waals surface area contributed by atoms with E-state index < -0.39 is 0 Å². The molecule has 5 nitrogen and oxygen atoms in total. The van der Waals surface area contributed by atoms with Gasteiger partial charge in [-0.1, -0.05) is 0 Å². The molecule has 1 aromatic rings. The highest BCUT2D eigenvalue weighted by molar-refractivity contribution is 5.05. The molecule has 0 saturated heterocycles. The topological polar surface area (TPSA) is 73.8 Å². The first-order valence-electron chi connectivity index (χ1n) is 7.82. The summed E-state index contributed by atoms with van der Waals surface area (Å²) < 4.78 is 1.14. The van der Waals surface area contributed by atoms with E-state index in [1.807, 2.05) is 0 Å². The molecule has 1 aromatic heterocycles. The Kier molecular flexibility index (Phi) is 2.66. The van der Waals surface area contributed by atoms with Gasteiger partial charge in [-0.25, -0.2) is 4.68 Å². The molecule has 0 aromatic carbocycles. The smallest absolute Gasteiger partial charge is 0.293 e. The summed E-state index contributed by atoms with van der Waals surface area (Å²) in [4.78, 5) is 12.2. The van der Waals surface area contributed by atoms with Crippen LogP contribution in [0, 0.1) is 36.5 Å². The number of aryl methyl sites for hydroxylation is 1. The summed E-state index contributed by atoms with van der Waals surface area (Å²) in [5.74, 6) is 10.4. The summed E-state index contributed by atoms with van der Waals surface area (Å²) in [7, 11) is 0. The Morgan fingerprint density at radius 3 is 2.30 bits per heavy atom. The van der Waals surface area contributed by atoms with Crippen LogP contribution in [0.5, 0.6) is 0 Å². The molecule has 0 spiro atoms. The Morgan fingerprint density at radius 2 is 1.70 bits per heavy atom. The predicted molar refractivity (Wildman–Crippen MR) is 75.4 cm³/mol. The molecule has 0 unspecified atom stereocenters. The van der Waals surface area contributed by atoms with Crippen molar-refractivity contribution in [3.63, 3.8) is 0 Å². The lowest BCUT2D eigenvalue weighted by Crippen LogP contribution is -2.46. The van der Waals surface area contributed by atoms with Crippen LogP contribution in [0.2, 0.25) is 0 Å². The normalized spacial score (nSPS) is 38.4. The number of hydrogen-bond acceptors (Lipinski definition) is 4. The van der Waals surface area contributed by atoms with Gasteiger partial charge in [0.25, 0.3) is 5.56 Å².